The van der Waals surface area contributed by atoms with Gasteiger partial charge in [0.15, 0.2) is 0 Å². The second-order valence-corrected chi connectivity index (χ2v) is 2.73. The molecule has 0 spiro atoms. The predicted octanol–water partition coefficient (Wildman–Crippen LogP) is -0.310. The minimum absolute atomic E-state index is 0. The van der Waals surface area contributed by atoms with E-state index < -0.39 is 18.2 Å². The summed E-state index contributed by atoms with van der Waals surface area (Å²) < 4.78 is 0. The minimum atomic E-state index is -0.639. The molecule has 0 amide bonds. The van der Waals surface area contributed by atoms with Crippen molar-refractivity contribution < 1.29 is 5.11 Å². The van der Waals surface area contributed by atoms with E-state index in [1.54, 1.807) is 0 Å². The summed E-state index contributed by atoms with van der Waals surface area (Å²) >= 11 is -0.639. The van der Waals surface area contributed by atoms with Crippen molar-refractivity contribution in [3.8, 4) is 0 Å². The zero-order valence-electron chi connectivity index (χ0n) is 2.91. The fraction of sp³-hybridized carbons (Fsp3) is 1.00. The van der Waals surface area contributed by atoms with Gasteiger partial charge in [0.2, 0.25) is 0 Å². The third kappa shape index (κ3) is 36.4. The molecule has 0 aliphatic heterocycles. The third-order valence-electron chi connectivity index (χ3n) is 0. The molecule has 0 aromatic carbocycles. The van der Waals surface area contributed by atoms with E-state index in [0.29, 0.717) is 0 Å². The van der Waals surface area contributed by atoms with Crippen LogP contribution in [0.4, 0.5) is 0 Å². The van der Waals surface area contributed by atoms with Gasteiger partial charge < -0.3 is 23.2 Å². The maximum absolute atomic E-state index is 7.00. The molecule has 0 saturated carbocycles. The number of hydrogen-bond acceptors (Lipinski definition) is 1. The van der Waals surface area contributed by atoms with Gasteiger partial charge in [0.05, 0.1) is 0 Å². The van der Waals surface area contributed by atoms with E-state index in [0.717, 1.165) is 7.11 Å². The van der Waals surface area contributed by atoms with Gasteiger partial charge in [-0.3, -0.25) is 0 Å². The van der Waals surface area contributed by atoms with Crippen LogP contribution in [0.1, 0.15) is 0 Å². The van der Waals surface area contributed by atoms with E-state index in [-0.39, 0.29) is 23.1 Å². The van der Waals surface area contributed by atoms with Crippen molar-refractivity contribution in [2.75, 3.05) is 7.11 Å². The van der Waals surface area contributed by atoms with E-state index in [2.05, 4.69) is 0 Å². The Labute approximate surface area is 70.8 Å². The molecule has 5 heteroatoms. The molecular formula is CH6Cl2Mg2O. The molecule has 0 heterocycles. The summed E-state index contributed by atoms with van der Waals surface area (Å²) in [6.07, 6.45) is 0. The summed E-state index contributed by atoms with van der Waals surface area (Å²) in [6, 6.07) is 0. The standard InChI is InChI=1S/CH4O.2ClH.2Mg.2H/c1-2;;;;;;/h2H,1H3;2*1H;;;;/q;;;;+2;;/p-2. The van der Waals surface area contributed by atoms with Gasteiger partial charge in [-0.1, -0.05) is 0 Å². The van der Waals surface area contributed by atoms with Gasteiger partial charge >= 0.3 is 41.2 Å². The van der Waals surface area contributed by atoms with E-state index >= 15 is 0 Å². The molecule has 0 aliphatic carbocycles. The van der Waals surface area contributed by atoms with Crippen LogP contribution in [0.5, 0.6) is 0 Å². The number of aliphatic hydroxyl groups excluding tert-OH is 1. The van der Waals surface area contributed by atoms with Crippen molar-refractivity contribution in [2.24, 2.45) is 0 Å². The molecule has 0 radical (unpaired) electrons. The minimum Gasteiger partial charge on any atom is -0.400 e. The van der Waals surface area contributed by atoms with Crippen molar-refractivity contribution in [1.29, 1.82) is 0 Å². The molecule has 0 rings (SSSR count). The van der Waals surface area contributed by atoms with Gasteiger partial charge in [0, 0.05) is 7.11 Å². The molecular weight excluding hydrogens is 148 g/mol. The number of hydrogen-bond donors (Lipinski definition) is 1. The molecule has 34 valence electrons. The van der Waals surface area contributed by atoms with Crippen LogP contribution in [0.2, 0.25) is 0 Å². The quantitative estimate of drug-likeness (QED) is 0.474. The summed E-state index contributed by atoms with van der Waals surface area (Å²) in [6.45, 7) is 0. The van der Waals surface area contributed by atoms with Crippen LogP contribution in [0.25, 0.3) is 0 Å². The summed E-state index contributed by atoms with van der Waals surface area (Å²) in [5, 5.41) is 7.00. The Morgan fingerprint density at radius 1 is 1.33 bits per heavy atom. The maximum atomic E-state index is 7.00. The second kappa shape index (κ2) is 27.6. The Bertz CT molecular complexity index is 11.5. The van der Waals surface area contributed by atoms with Crippen LogP contribution >= 0.6 is 18.1 Å². The van der Waals surface area contributed by atoms with Crippen LogP contribution in [0.3, 0.4) is 0 Å². The van der Waals surface area contributed by atoms with Crippen LogP contribution in [0, 0.1) is 0 Å². The highest BCUT2D eigenvalue weighted by Crippen LogP contribution is 1.67. The lowest BCUT2D eigenvalue weighted by atomic mass is 11.8. The number of aliphatic hydroxyl groups is 1. The van der Waals surface area contributed by atoms with Crippen LogP contribution < -0.4 is 0 Å². The lowest BCUT2D eigenvalue weighted by molar-refractivity contribution is 0.399. The highest BCUT2D eigenvalue weighted by molar-refractivity contribution is 7.22. The summed E-state index contributed by atoms with van der Waals surface area (Å²) in [4.78, 5) is 0. The van der Waals surface area contributed by atoms with Gasteiger partial charge in [-0.05, 0) is 0 Å². The SMILES string of the molecule is CO.[Cl][Mg][Cl].[MgH2]. The molecule has 1 N–H and O–H groups in total. The lowest BCUT2D eigenvalue weighted by Gasteiger charge is -1.33. The first kappa shape index (κ1) is 15.7. The number of rotatable bonds is 0. The van der Waals surface area contributed by atoms with Gasteiger partial charge in [-0.2, -0.15) is 0 Å². The monoisotopic (exact) mass is 152 g/mol. The largest absolute Gasteiger partial charge is 0.618 e. The average Bonchev–Trinajstić information content (AvgIpc) is 1.46. The van der Waals surface area contributed by atoms with Gasteiger partial charge in [-0.25, -0.2) is 0 Å². The molecule has 0 unspecified atom stereocenters. The Kier molecular flexibility index (Phi) is 72.3. The summed E-state index contributed by atoms with van der Waals surface area (Å²) in [7, 11) is 10.8. The first-order chi connectivity index (χ1) is 2.41. The zero-order chi connectivity index (χ0) is 4.71. The summed E-state index contributed by atoms with van der Waals surface area (Å²) in [5.74, 6) is 0. The molecule has 0 saturated heterocycles. The highest BCUT2D eigenvalue weighted by Gasteiger charge is 1.64. The Hall–Kier alpha value is 2.07. The maximum Gasteiger partial charge on any atom is 0.618 e. The number of halogens is 2. The van der Waals surface area contributed by atoms with Gasteiger partial charge in [0.1, 0.15) is 0 Å². The lowest BCUT2D eigenvalue weighted by Crippen LogP contribution is -1.36. The molecule has 0 fully saturated rings. The highest BCUT2D eigenvalue weighted by atomic mass is 35.6. The van der Waals surface area contributed by atoms with Crippen molar-refractivity contribution in [2.45, 2.75) is 0 Å². The normalized spacial score (nSPS) is 2.67. The van der Waals surface area contributed by atoms with Crippen molar-refractivity contribution in [3.63, 3.8) is 0 Å². The fourth-order valence-corrected chi connectivity index (χ4v) is 0. The molecule has 1 nitrogen and oxygen atoms in total. The Morgan fingerprint density at radius 2 is 1.33 bits per heavy atom. The summed E-state index contributed by atoms with van der Waals surface area (Å²) in [5.41, 5.74) is 0. The first-order valence-corrected chi connectivity index (χ1v) is 5.26. The smallest absolute Gasteiger partial charge is 0.400 e. The fourth-order valence-electron chi connectivity index (χ4n) is 0. The van der Waals surface area contributed by atoms with E-state index in [1.165, 1.54) is 0 Å². The topological polar surface area (TPSA) is 20.2 Å². The average molecular weight is 154 g/mol. The van der Waals surface area contributed by atoms with E-state index in [4.69, 9.17) is 23.2 Å². The molecule has 6 heavy (non-hydrogen) atoms. The third-order valence-corrected chi connectivity index (χ3v) is 0. The molecule has 0 atom stereocenters. The molecule has 0 bridgehead atoms. The van der Waals surface area contributed by atoms with Crippen LogP contribution in [-0.2, 0) is 0 Å². The van der Waals surface area contributed by atoms with Crippen molar-refractivity contribution in [3.05, 3.63) is 0 Å². The Morgan fingerprint density at radius 3 is 1.33 bits per heavy atom. The van der Waals surface area contributed by atoms with Gasteiger partial charge in [-0.15, -0.1) is 0 Å². The zero-order valence-corrected chi connectivity index (χ0v) is 5.84. The van der Waals surface area contributed by atoms with Crippen molar-refractivity contribution in [1.82, 2.24) is 0 Å². The molecule has 0 aromatic heterocycles. The molecule has 0 aliphatic rings. The predicted molar refractivity (Wildman–Crippen MR) is 34.1 cm³/mol. The van der Waals surface area contributed by atoms with E-state index in [1.807, 2.05) is 0 Å². The Balaban J connectivity index is -0.0000000275. The molecule has 0 aromatic rings. The van der Waals surface area contributed by atoms with Crippen molar-refractivity contribution >= 4 is 59.4 Å². The second-order valence-electron chi connectivity index (χ2n) is 0.101. The van der Waals surface area contributed by atoms with Gasteiger partial charge in [0.25, 0.3) is 0 Å². The van der Waals surface area contributed by atoms with Crippen LogP contribution in [0.15, 0.2) is 0 Å². The first-order valence-electron chi connectivity index (χ1n) is 0.982. The van der Waals surface area contributed by atoms with Crippen LogP contribution in [-0.4, -0.2) is 53.4 Å². The van der Waals surface area contributed by atoms with E-state index in [9.17, 15) is 0 Å².